The molecule has 21 heavy (non-hydrogen) atoms. The monoisotopic (exact) mass is 303 g/mol. The largest absolute Gasteiger partial charge is 0.495 e. The highest BCUT2D eigenvalue weighted by Gasteiger charge is 2.09. The molecular formula is C18H22ClNO. The Hall–Kier alpha value is -1.51. The molecule has 0 heterocycles. The fourth-order valence-electron chi connectivity index (χ4n) is 2.51. The van der Waals surface area contributed by atoms with Crippen molar-refractivity contribution in [1.29, 1.82) is 0 Å². The maximum absolute atomic E-state index is 6.15. The normalized spacial score (nSPS) is 12.2. The molecule has 0 bridgehead atoms. The fourth-order valence-corrected chi connectivity index (χ4v) is 2.79. The summed E-state index contributed by atoms with van der Waals surface area (Å²) < 4.78 is 5.17. The number of ether oxygens (including phenoxy) is 1. The van der Waals surface area contributed by atoms with Crippen molar-refractivity contribution in [1.82, 2.24) is 5.32 Å². The summed E-state index contributed by atoms with van der Waals surface area (Å²) in [5, 5.41) is 4.19. The first kappa shape index (κ1) is 15.9. The molecule has 3 heteroatoms. The van der Waals surface area contributed by atoms with Crippen LogP contribution >= 0.6 is 11.6 Å². The molecule has 2 nitrogen and oxygen atoms in total. The van der Waals surface area contributed by atoms with Gasteiger partial charge in [0.1, 0.15) is 5.75 Å². The lowest BCUT2D eigenvalue weighted by atomic mass is 10.00. The minimum absolute atomic E-state index is 0.298. The molecule has 0 radical (unpaired) electrons. The van der Waals surface area contributed by atoms with Gasteiger partial charge in [0.2, 0.25) is 0 Å². The molecule has 0 spiro atoms. The van der Waals surface area contributed by atoms with Crippen LogP contribution in [-0.4, -0.2) is 7.11 Å². The Balaban J connectivity index is 2.03. The number of aryl methyl sites for hydroxylation is 2. The average molecular weight is 304 g/mol. The van der Waals surface area contributed by atoms with Gasteiger partial charge in [-0.15, -0.1) is 0 Å². The minimum Gasteiger partial charge on any atom is -0.495 e. The van der Waals surface area contributed by atoms with E-state index in [1.807, 2.05) is 18.2 Å². The van der Waals surface area contributed by atoms with Gasteiger partial charge >= 0.3 is 0 Å². The zero-order valence-corrected chi connectivity index (χ0v) is 13.8. The van der Waals surface area contributed by atoms with Crippen molar-refractivity contribution in [2.75, 3.05) is 7.11 Å². The average Bonchev–Trinajstić information content (AvgIpc) is 2.45. The van der Waals surface area contributed by atoms with Gasteiger partial charge in [0.05, 0.1) is 12.1 Å². The van der Waals surface area contributed by atoms with E-state index in [0.29, 0.717) is 16.8 Å². The van der Waals surface area contributed by atoms with Crippen LogP contribution in [0, 0.1) is 13.8 Å². The van der Waals surface area contributed by atoms with Crippen LogP contribution in [0.1, 0.15) is 35.2 Å². The smallest absolute Gasteiger partial charge is 0.137 e. The third-order valence-corrected chi connectivity index (χ3v) is 4.02. The Bertz CT molecular complexity index is 625. The van der Waals surface area contributed by atoms with E-state index in [2.05, 4.69) is 44.3 Å². The molecule has 1 unspecified atom stereocenters. The van der Waals surface area contributed by atoms with E-state index in [0.717, 1.165) is 12.1 Å². The third kappa shape index (κ3) is 3.99. The second kappa shape index (κ2) is 6.97. The lowest BCUT2D eigenvalue weighted by molar-refractivity contribution is 0.414. The second-order valence-electron chi connectivity index (χ2n) is 5.43. The standard InChI is InChI=1S/C18H22ClNO/c1-12-5-7-16(13(2)9-12)14(3)20-11-15-6-8-18(21-4)17(19)10-15/h5-10,14,20H,11H2,1-4H3. The van der Waals surface area contributed by atoms with Gasteiger partial charge in [0.25, 0.3) is 0 Å². The highest BCUT2D eigenvalue weighted by molar-refractivity contribution is 6.32. The first-order chi connectivity index (χ1) is 10.0. The van der Waals surface area contributed by atoms with Gasteiger partial charge in [-0.3, -0.25) is 0 Å². The number of hydrogen-bond acceptors (Lipinski definition) is 2. The Morgan fingerprint density at radius 1 is 1.14 bits per heavy atom. The van der Waals surface area contributed by atoms with Gasteiger partial charge in [-0.25, -0.2) is 0 Å². The van der Waals surface area contributed by atoms with Crippen molar-refractivity contribution in [3.63, 3.8) is 0 Å². The first-order valence-electron chi connectivity index (χ1n) is 7.14. The molecule has 0 fully saturated rings. The van der Waals surface area contributed by atoms with Crippen molar-refractivity contribution >= 4 is 11.6 Å². The van der Waals surface area contributed by atoms with Crippen LogP contribution in [-0.2, 0) is 6.54 Å². The second-order valence-corrected chi connectivity index (χ2v) is 5.84. The van der Waals surface area contributed by atoms with Crippen molar-refractivity contribution < 1.29 is 4.74 Å². The zero-order valence-electron chi connectivity index (χ0n) is 13.0. The lowest BCUT2D eigenvalue weighted by Gasteiger charge is -2.17. The van der Waals surface area contributed by atoms with Crippen LogP contribution < -0.4 is 10.1 Å². The Labute approximate surface area is 132 Å². The first-order valence-corrected chi connectivity index (χ1v) is 7.52. The summed E-state index contributed by atoms with van der Waals surface area (Å²) >= 11 is 6.15. The molecule has 0 aliphatic rings. The highest BCUT2D eigenvalue weighted by atomic mass is 35.5. The number of methoxy groups -OCH3 is 1. The Morgan fingerprint density at radius 3 is 2.52 bits per heavy atom. The van der Waals surface area contributed by atoms with Gasteiger partial charge in [0, 0.05) is 12.6 Å². The van der Waals surface area contributed by atoms with Gasteiger partial charge < -0.3 is 10.1 Å². The molecule has 112 valence electrons. The number of hydrogen-bond donors (Lipinski definition) is 1. The minimum atomic E-state index is 0.298. The quantitative estimate of drug-likeness (QED) is 0.855. The number of rotatable bonds is 5. The van der Waals surface area contributed by atoms with Crippen molar-refractivity contribution in [2.24, 2.45) is 0 Å². The van der Waals surface area contributed by atoms with Gasteiger partial charge in [0.15, 0.2) is 0 Å². The van der Waals surface area contributed by atoms with Crippen LogP contribution in [0.2, 0.25) is 5.02 Å². The van der Waals surface area contributed by atoms with E-state index in [4.69, 9.17) is 16.3 Å². The zero-order chi connectivity index (χ0) is 15.4. The maximum Gasteiger partial charge on any atom is 0.137 e. The molecule has 0 amide bonds. The van der Waals surface area contributed by atoms with E-state index in [1.165, 1.54) is 16.7 Å². The topological polar surface area (TPSA) is 21.3 Å². The van der Waals surface area contributed by atoms with Crippen molar-refractivity contribution in [3.8, 4) is 5.75 Å². The molecule has 1 N–H and O–H groups in total. The van der Waals surface area contributed by atoms with Crippen LogP contribution in [0.5, 0.6) is 5.75 Å². The maximum atomic E-state index is 6.15. The van der Waals surface area contributed by atoms with E-state index >= 15 is 0 Å². The summed E-state index contributed by atoms with van der Waals surface area (Å²) in [6.45, 7) is 7.24. The fraction of sp³-hybridized carbons (Fsp3) is 0.333. The highest BCUT2D eigenvalue weighted by Crippen LogP contribution is 2.25. The van der Waals surface area contributed by atoms with Crippen molar-refractivity contribution in [2.45, 2.75) is 33.4 Å². The van der Waals surface area contributed by atoms with Gasteiger partial charge in [-0.05, 0) is 49.6 Å². The molecule has 0 saturated carbocycles. The molecule has 2 aromatic rings. The Morgan fingerprint density at radius 2 is 1.90 bits per heavy atom. The lowest BCUT2D eigenvalue weighted by Crippen LogP contribution is -2.19. The van der Waals surface area contributed by atoms with E-state index in [-0.39, 0.29) is 0 Å². The van der Waals surface area contributed by atoms with E-state index in [1.54, 1.807) is 7.11 Å². The summed E-state index contributed by atoms with van der Waals surface area (Å²) in [7, 11) is 1.63. The molecule has 0 aliphatic heterocycles. The summed E-state index contributed by atoms with van der Waals surface area (Å²) in [5.41, 5.74) is 5.10. The van der Waals surface area contributed by atoms with Crippen LogP contribution in [0.3, 0.4) is 0 Å². The molecule has 2 rings (SSSR count). The molecular weight excluding hydrogens is 282 g/mol. The molecule has 2 aromatic carbocycles. The molecule has 0 aromatic heterocycles. The number of benzene rings is 2. The molecule has 1 atom stereocenters. The summed E-state index contributed by atoms with van der Waals surface area (Å²) in [5.74, 6) is 0.711. The van der Waals surface area contributed by atoms with Crippen LogP contribution in [0.4, 0.5) is 0 Å². The van der Waals surface area contributed by atoms with Crippen LogP contribution in [0.25, 0.3) is 0 Å². The van der Waals surface area contributed by atoms with Crippen molar-refractivity contribution in [3.05, 3.63) is 63.7 Å². The predicted molar refractivity (Wildman–Crippen MR) is 89.2 cm³/mol. The molecule has 0 saturated heterocycles. The third-order valence-electron chi connectivity index (χ3n) is 3.72. The summed E-state index contributed by atoms with van der Waals surface area (Å²) in [4.78, 5) is 0. The van der Waals surface area contributed by atoms with Gasteiger partial charge in [-0.2, -0.15) is 0 Å². The SMILES string of the molecule is COc1ccc(CNC(C)c2ccc(C)cc2C)cc1Cl. The van der Waals surface area contributed by atoms with E-state index < -0.39 is 0 Å². The van der Waals surface area contributed by atoms with E-state index in [9.17, 15) is 0 Å². The summed E-state index contributed by atoms with van der Waals surface area (Å²) in [6.07, 6.45) is 0. The van der Waals surface area contributed by atoms with Crippen LogP contribution in [0.15, 0.2) is 36.4 Å². The predicted octanol–water partition coefficient (Wildman–Crippen LogP) is 4.82. The number of nitrogens with one attached hydrogen (secondary N) is 1. The number of halogens is 1. The summed E-state index contributed by atoms with van der Waals surface area (Å²) in [6, 6.07) is 12.8. The van der Waals surface area contributed by atoms with Gasteiger partial charge in [-0.1, -0.05) is 41.4 Å². The molecule has 0 aliphatic carbocycles. The Kier molecular flexibility index (Phi) is 5.27.